The van der Waals surface area contributed by atoms with Gasteiger partial charge in [-0.1, -0.05) is 25.4 Å². The van der Waals surface area contributed by atoms with E-state index in [1.165, 1.54) is 0 Å². The van der Waals surface area contributed by atoms with Crippen molar-refractivity contribution in [3.05, 3.63) is 22.8 Å². The van der Waals surface area contributed by atoms with Gasteiger partial charge >= 0.3 is 5.97 Å². The third-order valence-corrected chi connectivity index (χ3v) is 3.55. The van der Waals surface area contributed by atoms with Crippen LogP contribution in [0.25, 0.3) is 0 Å². The predicted octanol–water partition coefficient (Wildman–Crippen LogP) is 3.07. The highest BCUT2D eigenvalue weighted by atomic mass is 35.5. The van der Waals surface area contributed by atoms with Crippen LogP contribution in [0, 0.1) is 0 Å². The maximum atomic E-state index is 11.1. The van der Waals surface area contributed by atoms with Crippen LogP contribution in [-0.4, -0.2) is 42.4 Å². The van der Waals surface area contributed by atoms with Crippen molar-refractivity contribution in [1.29, 1.82) is 0 Å². The summed E-state index contributed by atoms with van der Waals surface area (Å²) in [5.41, 5.74) is -0.113. The lowest BCUT2D eigenvalue weighted by molar-refractivity contribution is 0.0691. The Morgan fingerprint density at radius 2 is 2.10 bits per heavy atom. The molecular formula is C14H21ClN2O3. The fraction of sp³-hybridized carbons (Fsp3) is 0.571. The first kappa shape index (κ1) is 16.7. The summed E-state index contributed by atoms with van der Waals surface area (Å²) in [5, 5.41) is 9.26. The summed E-state index contributed by atoms with van der Waals surface area (Å²) in [6, 6.07) is 3.62. The molecule has 0 bridgehead atoms. The van der Waals surface area contributed by atoms with Gasteiger partial charge in [-0.15, -0.1) is 0 Å². The Bertz CT molecular complexity index is 450. The number of rotatable bonds is 8. The van der Waals surface area contributed by atoms with E-state index in [-0.39, 0.29) is 10.7 Å². The van der Waals surface area contributed by atoms with Crippen LogP contribution >= 0.6 is 11.6 Å². The van der Waals surface area contributed by atoms with Crippen LogP contribution in [0.2, 0.25) is 5.02 Å². The molecule has 112 valence electrons. The maximum absolute atomic E-state index is 11.1. The Labute approximate surface area is 124 Å². The molecule has 1 aromatic rings. The van der Waals surface area contributed by atoms with Gasteiger partial charge in [-0.2, -0.15) is 0 Å². The van der Waals surface area contributed by atoms with Crippen LogP contribution in [0.4, 0.5) is 5.82 Å². The summed E-state index contributed by atoms with van der Waals surface area (Å²) in [7, 11) is 1.64. The quantitative estimate of drug-likeness (QED) is 0.799. The number of ether oxygens (including phenoxy) is 1. The minimum Gasteiger partial charge on any atom is -0.476 e. The van der Waals surface area contributed by atoms with Gasteiger partial charge in [0.25, 0.3) is 0 Å². The maximum Gasteiger partial charge on any atom is 0.356 e. The lowest BCUT2D eigenvalue weighted by atomic mass is 10.1. The molecule has 6 heteroatoms. The first-order valence-corrected chi connectivity index (χ1v) is 7.08. The lowest BCUT2D eigenvalue weighted by Gasteiger charge is -2.31. The molecule has 0 unspecified atom stereocenters. The lowest BCUT2D eigenvalue weighted by Crippen LogP contribution is -2.38. The molecule has 0 saturated carbocycles. The number of carboxylic acids is 1. The molecule has 20 heavy (non-hydrogen) atoms. The number of hydrogen-bond donors (Lipinski definition) is 1. The zero-order valence-corrected chi connectivity index (χ0v) is 12.9. The van der Waals surface area contributed by atoms with Crippen molar-refractivity contribution in [1.82, 2.24) is 4.98 Å². The molecule has 1 aromatic heterocycles. The normalized spacial score (nSPS) is 10.8. The van der Waals surface area contributed by atoms with Crippen LogP contribution in [0.1, 0.15) is 37.2 Å². The molecule has 1 heterocycles. The fourth-order valence-corrected chi connectivity index (χ4v) is 2.33. The van der Waals surface area contributed by atoms with Gasteiger partial charge in [0.15, 0.2) is 5.69 Å². The number of halogens is 1. The van der Waals surface area contributed by atoms with Gasteiger partial charge < -0.3 is 14.7 Å². The Morgan fingerprint density at radius 3 is 2.60 bits per heavy atom. The van der Waals surface area contributed by atoms with Gasteiger partial charge in [0, 0.05) is 19.7 Å². The largest absolute Gasteiger partial charge is 0.476 e. The van der Waals surface area contributed by atoms with Crippen molar-refractivity contribution >= 4 is 23.4 Å². The highest BCUT2D eigenvalue weighted by Gasteiger charge is 2.19. The van der Waals surface area contributed by atoms with E-state index < -0.39 is 5.97 Å². The van der Waals surface area contributed by atoms with Crippen molar-refractivity contribution in [3.8, 4) is 0 Å². The summed E-state index contributed by atoms with van der Waals surface area (Å²) >= 11 is 5.86. The van der Waals surface area contributed by atoms with Crippen molar-refractivity contribution < 1.29 is 14.6 Å². The number of nitrogens with zero attached hydrogens (tertiary/aromatic N) is 2. The number of hydrogen-bond acceptors (Lipinski definition) is 4. The highest BCUT2D eigenvalue weighted by Crippen LogP contribution is 2.22. The molecular weight excluding hydrogens is 280 g/mol. The average Bonchev–Trinajstić information content (AvgIpc) is 2.44. The van der Waals surface area contributed by atoms with E-state index in [1.54, 1.807) is 19.2 Å². The van der Waals surface area contributed by atoms with E-state index in [1.807, 2.05) is 0 Å². The van der Waals surface area contributed by atoms with Crippen molar-refractivity contribution in [2.24, 2.45) is 0 Å². The molecule has 0 amide bonds. The Kier molecular flexibility index (Phi) is 6.75. The van der Waals surface area contributed by atoms with Gasteiger partial charge in [0.05, 0.1) is 11.6 Å². The topological polar surface area (TPSA) is 62.7 Å². The van der Waals surface area contributed by atoms with E-state index in [9.17, 15) is 4.79 Å². The SMILES string of the molecule is CCC(CC)N(CCOC)c1ccc(Cl)c(C(=O)O)n1. The first-order valence-electron chi connectivity index (χ1n) is 6.70. The van der Waals surface area contributed by atoms with Crippen LogP contribution < -0.4 is 4.90 Å². The zero-order chi connectivity index (χ0) is 15.1. The fourth-order valence-electron chi connectivity index (χ4n) is 2.15. The highest BCUT2D eigenvalue weighted by molar-refractivity contribution is 6.33. The van der Waals surface area contributed by atoms with E-state index in [0.717, 1.165) is 12.8 Å². The van der Waals surface area contributed by atoms with Crippen molar-refractivity contribution in [2.75, 3.05) is 25.2 Å². The molecule has 0 aliphatic rings. The average molecular weight is 301 g/mol. The van der Waals surface area contributed by atoms with E-state index in [0.29, 0.717) is 25.0 Å². The molecule has 0 aliphatic heterocycles. The van der Waals surface area contributed by atoms with Gasteiger partial charge in [-0.25, -0.2) is 9.78 Å². The molecule has 1 N–H and O–H groups in total. The van der Waals surface area contributed by atoms with Crippen molar-refractivity contribution in [3.63, 3.8) is 0 Å². The number of aromatic carboxylic acids is 1. The second kappa shape index (κ2) is 8.07. The van der Waals surface area contributed by atoms with Crippen molar-refractivity contribution in [2.45, 2.75) is 32.7 Å². The first-order chi connectivity index (χ1) is 9.54. The number of methoxy groups -OCH3 is 1. The van der Waals surface area contributed by atoms with Crippen LogP contribution in [0.5, 0.6) is 0 Å². The summed E-state index contributed by atoms with van der Waals surface area (Å²) < 4.78 is 5.12. The standard InChI is InChI=1S/C14H21ClN2O3/c1-4-10(5-2)17(8-9-20-3)12-7-6-11(15)13(16-12)14(18)19/h6-7,10H,4-5,8-9H2,1-3H3,(H,18,19). The molecule has 5 nitrogen and oxygen atoms in total. The molecule has 0 aliphatic carbocycles. The Balaban J connectivity index is 3.12. The molecule has 0 fully saturated rings. The molecule has 1 rings (SSSR count). The number of pyridine rings is 1. The Morgan fingerprint density at radius 1 is 1.45 bits per heavy atom. The zero-order valence-electron chi connectivity index (χ0n) is 12.1. The van der Waals surface area contributed by atoms with E-state index >= 15 is 0 Å². The van der Waals surface area contributed by atoms with Gasteiger partial charge in [-0.05, 0) is 25.0 Å². The smallest absolute Gasteiger partial charge is 0.356 e. The number of carboxylic acid groups (broad SMARTS) is 1. The summed E-state index contributed by atoms with van der Waals surface area (Å²) in [4.78, 5) is 17.4. The molecule has 0 radical (unpaired) electrons. The van der Waals surface area contributed by atoms with Crippen LogP contribution in [0.3, 0.4) is 0 Å². The third kappa shape index (κ3) is 4.08. The molecule has 0 saturated heterocycles. The number of aromatic nitrogens is 1. The molecule has 0 atom stereocenters. The number of anilines is 1. The summed E-state index contributed by atoms with van der Waals surface area (Å²) in [5.74, 6) is -0.495. The second-order valence-corrected chi connectivity index (χ2v) is 4.87. The van der Waals surface area contributed by atoms with Crippen LogP contribution in [-0.2, 0) is 4.74 Å². The minimum atomic E-state index is -1.12. The third-order valence-electron chi connectivity index (χ3n) is 3.25. The summed E-state index contributed by atoms with van der Waals surface area (Å²) in [6.07, 6.45) is 1.90. The van der Waals surface area contributed by atoms with Gasteiger partial charge in [0.1, 0.15) is 5.82 Å². The molecule has 0 aromatic carbocycles. The van der Waals surface area contributed by atoms with Gasteiger partial charge in [-0.3, -0.25) is 0 Å². The van der Waals surface area contributed by atoms with Gasteiger partial charge in [0.2, 0.25) is 0 Å². The Hall–Kier alpha value is -1.33. The van der Waals surface area contributed by atoms with E-state index in [2.05, 4.69) is 23.7 Å². The number of carbonyl (C=O) groups is 1. The van der Waals surface area contributed by atoms with Crippen LogP contribution in [0.15, 0.2) is 12.1 Å². The predicted molar refractivity (Wildman–Crippen MR) is 79.8 cm³/mol. The molecule has 0 spiro atoms. The monoisotopic (exact) mass is 300 g/mol. The minimum absolute atomic E-state index is 0.113. The second-order valence-electron chi connectivity index (χ2n) is 4.46. The van der Waals surface area contributed by atoms with E-state index in [4.69, 9.17) is 21.4 Å². The summed E-state index contributed by atoms with van der Waals surface area (Å²) in [6.45, 7) is 5.42.